The lowest BCUT2D eigenvalue weighted by atomic mass is 10.1. The first-order valence-corrected chi connectivity index (χ1v) is 8.01. The molecule has 0 saturated heterocycles. The molecule has 1 aromatic carbocycles. The Bertz CT molecular complexity index is 575. The maximum atomic E-state index is 5.75. The van der Waals surface area contributed by atoms with Crippen LogP contribution in [0.1, 0.15) is 36.4 Å². The highest BCUT2D eigenvalue weighted by Crippen LogP contribution is 2.21. The zero-order valence-electron chi connectivity index (χ0n) is 12.2. The standard InChI is InChI=1S/C16H22BrN3/c1-3-15-13(9-10-18)16(4-2)20(19-15)11-12-7-5-6-8-14(12)17/h5-8H,3-4,9-11,18H2,1-2H3. The van der Waals surface area contributed by atoms with Crippen molar-refractivity contribution in [2.45, 2.75) is 39.7 Å². The molecule has 0 fully saturated rings. The highest BCUT2D eigenvalue weighted by atomic mass is 79.9. The number of nitrogens with two attached hydrogens (primary N) is 1. The van der Waals surface area contributed by atoms with E-state index in [0.29, 0.717) is 6.54 Å². The van der Waals surface area contributed by atoms with Gasteiger partial charge in [0.25, 0.3) is 0 Å². The molecule has 0 aliphatic carbocycles. The first-order valence-electron chi connectivity index (χ1n) is 7.22. The maximum absolute atomic E-state index is 5.75. The van der Waals surface area contributed by atoms with Gasteiger partial charge in [0.2, 0.25) is 0 Å². The van der Waals surface area contributed by atoms with Crippen molar-refractivity contribution in [1.82, 2.24) is 9.78 Å². The zero-order valence-corrected chi connectivity index (χ0v) is 13.8. The Balaban J connectivity index is 2.39. The first-order chi connectivity index (χ1) is 9.71. The highest BCUT2D eigenvalue weighted by molar-refractivity contribution is 9.10. The molecule has 108 valence electrons. The van der Waals surface area contributed by atoms with Crippen molar-refractivity contribution in [3.05, 3.63) is 51.3 Å². The monoisotopic (exact) mass is 335 g/mol. The van der Waals surface area contributed by atoms with E-state index in [9.17, 15) is 0 Å². The van der Waals surface area contributed by atoms with Crippen LogP contribution < -0.4 is 5.73 Å². The minimum absolute atomic E-state index is 0.681. The van der Waals surface area contributed by atoms with Gasteiger partial charge in [0.1, 0.15) is 0 Å². The summed E-state index contributed by atoms with van der Waals surface area (Å²) in [5.74, 6) is 0. The molecule has 0 saturated carbocycles. The van der Waals surface area contributed by atoms with Gasteiger partial charge in [-0.15, -0.1) is 0 Å². The van der Waals surface area contributed by atoms with Crippen LogP contribution in [0.3, 0.4) is 0 Å². The number of halogens is 1. The molecule has 1 heterocycles. The molecule has 20 heavy (non-hydrogen) atoms. The van der Waals surface area contributed by atoms with Gasteiger partial charge in [0.15, 0.2) is 0 Å². The number of hydrogen-bond donors (Lipinski definition) is 1. The van der Waals surface area contributed by atoms with Crippen LogP contribution in [0.2, 0.25) is 0 Å². The van der Waals surface area contributed by atoms with E-state index in [2.05, 4.69) is 52.7 Å². The number of nitrogens with zero attached hydrogens (tertiary/aromatic N) is 2. The summed E-state index contributed by atoms with van der Waals surface area (Å²) in [6, 6.07) is 8.32. The largest absolute Gasteiger partial charge is 0.330 e. The Hall–Kier alpha value is -1.13. The lowest BCUT2D eigenvalue weighted by Gasteiger charge is -2.09. The first kappa shape index (κ1) is 15.3. The van der Waals surface area contributed by atoms with E-state index in [1.165, 1.54) is 22.5 Å². The molecule has 2 N–H and O–H groups in total. The lowest BCUT2D eigenvalue weighted by molar-refractivity contribution is 0.638. The molecule has 0 spiro atoms. The van der Waals surface area contributed by atoms with Gasteiger partial charge in [-0.05, 0) is 43.0 Å². The highest BCUT2D eigenvalue weighted by Gasteiger charge is 2.15. The van der Waals surface area contributed by atoms with Gasteiger partial charge in [-0.3, -0.25) is 4.68 Å². The summed E-state index contributed by atoms with van der Waals surface area (Å²) in [6.07, 6.45) is 2.88. The van der Waals surface area contributed by atoms with Crippen LogP contribution in [0.15, 0.2) is 28.7 Å². The van der Waals surface area contributed by atoms with Crippen LogP contribution in [0.5, 0.6) is 0 Å². The second-order valence-corrected chi connectivity index (χ2v) is 5.72. The number of aromatic nitrogens is 2. The Morgan fingerprint density at radius 1 is 1.20 bits per heavy atom. The summed E-state index contributed by atoms with van der Waals surface area (Å²) in [4.78, 5) is 0. The summed E-state index contributed by atoms with van der Waals surface area (Å²) >= 11 is 3.61. The predicted molar refractivity (Wildman–Crippen MR) is 87.0 cm³/mol. The SMILES string of the molecule is CCc1nn(Cc2ccccc2Br)c(CC)c1CCN. The normalized spacial score (nSPS) is 11.0. The summed E-state index contributed by atoms with van der Waals surface area (Å²) in [5, 5.41) is 4.79. The number of rotatable bonds is 6. The molecular weight excluding hydrogens is 314 g/mol. The van der Waals surface area contributed by atoms with Crippen molar-refractivity contribution in [2.75, 3.05) is 6.54 Å². The van der Waals surface area contributed by atoms with Crippen LogP contribution in [-0.4, -0.2) is 16.3 Å². The van der Waals surface area contributed by atoms with Gasteiger partial charge in [0, 0.05) is 10.2 Å². The summed E-state index contributed by atoms with van der Waals surface area (Å²) < 4.78 is 3.28. The van der Waals surface area contributed by atoms with E-state index < -0.39 is 0 Å². The van der Waals surface area contributed by atoms with Crippen molar-refractivity contribution in [3.8, 4) is 0 Å². The zero-order chi connectivity index (χ0) is 14.5. The van der Waals surface area contributed by atoms with E-state index >= 15 is 0 Å². The fraction of sp³-hybridized carbons (Fsp3) is 0.438. The number of hydrogen-bond acceptors (Lipinski definition) is 2. The van der Waals surface area contributed by atoms with E-state index in [-0.39, 0.29) is 0 Å². The molecule has 0 aliphatic rings. The minimum atomic E-state index is 0.681. The average molecular weight is 336 g/mol. The second-order valence-electron chi connectivity index (χ2n) is 4.87. The van der Waals surface area contributed by atoms with Gasteiger partial charge in [0.05, 0.1) is 12.2 Å². The quantitative estimate of drug-likeness (QED) is 0.879. The van der Waals surface area contributed by atoms with Crippen molar-refractivity contribution >= 4 is 15.9 Å². The topological polar surface area (TPSA) is 43.8 Å². The number of aryl methyl sites for hydroxylation is 1. The smallest absolute Gasteiger partial charge is 0.0673 e. The van der Waals surface area contributed by atoms with Gasteiger partial charge >= 0.3 is 0 Å². The van der Waals surface area contributed by atoms with Crippen molar-refractivity contribution in [3.63, 3.8) is 0 Å². The molecule has 4 heteroatoms. The van der Waals surface area contributed by atoms with Gasteiger partial charge in [-0.2, -0.15) is 5.10 Å². The lowest BCUT2D eigenvalue weighted by Crippen LogP contribution is -2.09. The van der Waals surface area contributed by atoms with Crippen LogP contribution in [0.4, 0.5) is 0 Å². The summed E-state index contributed by atoms with van der Waals surface area (Å²) in [7, 11) is 0. The van der Waals surface area contributed by atoms with E-state index in [4.69, 9.17) is 10.8 Å². The molecule has 0 amide bonds. The average Bonchev–Trinajstić information content (AvgIpc) is 2.79. The predicted octanol–water partition coefficient (Wildman–Crippen LogP) is 3.32. The third-order valence-electron chi connectivity index (χ3n) is 3.59. The van der Waals surface area contributed by atoms with Crippen LogP contribution >= 0.6 is 15.9 Å². The molecule has 0 atom stereocenters. The Labute approximate surface area is 129 Å². The van der Waals surface area contributed by atoms with E-state index in [1.807, 2.05) is 6.07 Å². The fourth-order valence-corrected chi connectivity index (χ4v) is 3.03. The molecule has 1 aromatic heterocycles. The van der Waals surface area contributed by atoms with E-state index in [0.717, 1.165) is 30.3 Å². The molecule has 2 aromatic rings. The molecule has 2 rings (SSSR count). The second kappa shape index (κ2) is 7.04. The third-order valence-corrected chi connectivity index (χ3v) is 4.37. The maximum Gasteiger partial charge on any atom is 0.0673 e. The minimum Gasteiger partial charge on any atom is -0.330 e. The molecule has 3 nitrogen and oxygen atoms in total. The number of benzene rings is 1. The fourth-order valence-electron chi connectivity index (χ4n) is 2.62. The summed E-state index contributed by atoms with van der Waals surface area (Å²) in [6.45, 7) is 5.83. The molecule has 0 aliphatic heterocycles. The van der Waals surface area contributed by atoms with E-state index in [1.54, 1.807) is 0 Å². The third kappa shape index (κ3) is 3.13. The van der Waals surface area contributed by atoms with Crippen molar-refractivity contribution in [1.29, 1.82) is 0 Å². The van der Waals surface area contributed by atoms with Crippen LogP contribution in [0, 0.1) is 0 Å². The summed E-state index contributed by atoms with van der Waals surface area (Å²) in [5.41, 5.74) is 10.9. The van der Waals surface area contributed by atoms with Crippen LogP contribution in [-0.2, 0) is 25.8 Å². The Morgan fingerprint density at radius 3 is 2.55 bits per heavy atom. The Morgan fingerprint density at radius 2 is 1.95 bits per heavy atom. The molecule has 0 radical (unpaired) electrons. The molecule has 0 bridgehead atoms. The van der Waals surface area contributed by atoms with Crippen molar-refractivity contribution in [2.24, 2.45) is 5.73 Å². The van der Waals surface area contributed by atoms with Crippen molar-refractivity contribution < 1.29 is 0 Å². The van der Waals surface area contributed by atoms with Crippen LogP contribution in [0.25, 0.3) is 0 Å². The molecule has 0 unspecified atom stereocenters. The molecular formula is C16H22BrN3. The Kier molecular flexibility index (Phi) is 5.38. The van der Waals surface area contributed by atoms with Gasteiger partial charge in [-0.1, -0.05) is 48.0 Å². The van der Waals surface area contributed by atoms with Gasteiger partial charge < -0.3 is 5.73 Å². The van der Waals surface area contributed by atoms with Gasteiger partial charge in [-0.25, -0.2) is 0 Å².